The first-order chi connectivity index (χ1) is 20.8. The van der Waals surface area contributed by atoms with Crippen LogP contribution >= 0.6 is 0 Å². The second-order valence-corrected chi connectivity index (χ2v) is 12.1. The van der Waals surface area contributed by atoms with Crippen LogP contribution in [0.3, 0.4) is 0 Å². The van der Waals surface area contributed by atoms with Gasteiger partial charge in [0, 0.05) is 19.7 Å². The zero-order valence-electron chi connectivity index (χ0n) is 31.0. The van der Waals surface area contributed by atoms with Gasteiger partial charge in [0.2, 0.25) is 12.2 Å². The molecule has 2 aliphatic rings. The molecular formula is C35H74N4O5. The molecule has 0 bridgehead atoms. The average molecular weight is 631 g/mol. The van der Waals surface area contributed by atoms with Gasteiger partial charge in [0.15, 0.2) is 6.29 Å². The fourth-order valence-corrected chi connectivity index (χ4v) is 3.58. The van der Waals surface area contributed by atoms with Crippen molar-refractivity contribution >= 4 is 24.8 Å². The normalized spacial score (nSPS) is 16.5. The molecule has 1 saturated carbocycles. The van der Waals surface area contributed by atoms with E-state index in [-0.39, 0.29) is 17.7 Å². The molecule has 264 valence electrons. The van der Waals surface area contributed by atoms with Gasteiger partial charge in [0.1, 0.15) is 6.29 Å². The fourth-order valence-electron chi connectivity index (χ4n) is 3.58. The summed E-state index contributed by atoms with van der Waals surface area (Å²) in [7, 11) is 6.88. The lowest BCUT2D eigenvalue weighted by molar-refractivity contribution is -0.132. The Morgan fingerprint density at radius 1 is 1.05 bits per heavy atom. The highest BCUT2D eigenvalue weighted by molar-refractivity contribution is 6.27. The molecule has 9 heteroatoms. The Morgan fingerprint density at radius 2 is 1.57 bits per heavy atom. The number of nitrogens with zero attached hydrogens (tertiary/aromatic N) is 1. The Bertz CT molecular complexity index is 642. The molecule has 2 rings (SSSR count). The predicted octanol–water partition coefficient (Wildman–Crippen LogP) is 5.45. The van der Waals surface area contributed by atoms with Crippen LogP contribution in [-0.2, 0) is 19.2 Å². The summed E-state index contributed by atoms with van der Waals surface area (Å²) in [6.45, 7) is 24.7. The van der Waals surface area contributed by atoms with Crippen molar-refractivity contribution < 1.29 is 24.3 Å². The smallest absolute Gasteiger partial charge is 0.217 e. The first-order valence-corrected chi connectivity index (χ1v) is 16.5. The van der Waals surface area contributed by atoms with Crippen LogP contribution in [-0.4, -0.2) is 94.2 Å². The minimum absolute atomic E-state index is 0.0301. The fraction of sp³-hybridized carbons (Fsp3) is 0.829. The Balaban J connectivity index is -0.000000148. The lowest BCUT2D eigenvalue weighted by atomic mass is 9.81. The first-order valence-electron chi connectivity index (χ1n) is 16.5. The van der Waals surface area contributed by atoms with E-state index >= 15 is 0 Å². The van der Waals surface area contributed by atoms with E-state index in [9.17, 15) is 19.2 Å². The molecular weight excluding hydrogens is 556 g/mol. The van der Waals surface area contributed by atoms with Crippen LogP contribution in [0.25, 0.3) is 0 Å². The molecule has 1 amide bonds. The highest BCUT2D eigenvalue weighted by atomic mass is 16.2. The Hall–Kier alpha value is -1.94. The van der Waals surface area contributed by atoms with Gasteiger partial charge >= 0.3 is 0 Å². The summed E-state index contributed by atoms with van der Waals surface area (Å²) in [6.07, 6.45) is 12.8. The van der Waals surface area contributed by atoms with Crippen molar-refractivity contribution in [2.24, 2.45) is 17.3 Å². The number of nitrogens with one attached hydrogen (secondary N) is 3. The number of Topliss-reactive ketones (excluding diaryl/α,β-unsaturated/α-hetero) is 1. The highest BCUT2D eigenvalue weighted by Gasteiger charge is 2.22. The number of hydrogen-bond acceptors (Lipinski definition) is 8. The lowest BCUT2D eigenvalue weighted by Gasteiger charge is -2.26. The van der Waals surface area contributed by atoms with Crippen molar-refractivity contribution in [3.05, 3.63) is 12.7 Å². The maximum Gasteiger partial charge on any atom is 0.217 e. The predicted molar refractivity (Wildman–Crippen MR) is 189 cm³/mol. The van der Waals surface area contributed by atoms with E-state index in [0.717, 1.165) is 38.3 Å². The lowest BCUT2D eigenvalue weighted by Crippen LogP contribution is -2.39. The van der Waals surface area contributed by atoms with Crippen LogP contribution in [0.4, 0.5) is 0 Å². The summed E-state index contributed by atoms with van der Waals surface area (Å²) >= 11 is 0. The number of aldehydes is 2. The summed E-state index contributed by atoms with van der Waals surface area (Å²) in [5.74, 6) is 1.04. The summed E-state index contributed by atoms with van der Waals surface area (Å²) in [5, 5.41) is 15.2. The number of aliphatic hydroxyl groups is 1. The van der Waals surface area contributed by atoms with Crippen LogP contribution in [0, 0.1) is 17.3 Å². The van der Waals surface area contributed by atoms with E-state index in [1.165, 1.54) is 45.1 Å². The molecule has 1 aliphatic heterocycles. The van der Waals surface area contributed by atoms with Gasteiger partial charge in [-0.05, 0) is 77.5 Å². The van der Waals surface area contributed by atoms with Crippen LogP contribution in [0.15, 0.2) is 12.7 Å². The van der Waals surface area contributed by atoms with Gasteiger partial charge in [-0.3, -0.25) is 14.4 Å². The Labute approximate surface area is 272 Å². The standard InChI is InChI=1S/C10H15NO3.C7H15NO.C6H13N.C5H12.C4H9N.C2H6.CH4O/c12-6-10(14)9(11-7-13)5-4-8-2-1-3-8;1-7(2,3)6(5-9)8-4;1-6-4-3-5-7(6)2;1-4-5(2)3;1-3-4-5-2;2*1-2/h6-9H,1-5H2,(H,11,13);5-6,8H,1-4H3;6H,3-5H2,1-2H3;5H,4H2,1-3H3;3,5H,1,4H2,2H3;1-2H3;2H,1H3. The van der Waals surface area contributed by atoms with Gasteiger partial charge in [-0.1, -0.05) is 87.1 Å². The van der Waals surface area contributed by atoms with Crippen LogP contribution < -0.4 is 16.0 Å². The maximum absolute atomic E-state index is 11.0. The zero-order chi connectivity index (χ0) is 35.6. The maximum atomic E-state index is 11.0. The van der Waals surface area contributed by atoms with Crippen molar-refractivity contribution in [2.75, 3.05) is 41.3 Å². The van der Waals surface area contributed by atoms with Gasteiger partial charge in [0.25, 0.3) is 0 Å². The van der Waals surface area contributed by atoms with E-state index in [1.54, 1.807) is 7.05 Å². The quantitative estimate of drug-likeness (QED) is 0.127. The van der Waals surface area contributed by atoms with Crippen molar-refractivity contribution in [2.45, 2.75) is 132 Å². The number of rotatable bonds is 12. The number of ketones is 1. The van der Waals surface area contributed by atoms with E-state index in [1.807, 2.05) is 47.7 Å². The van der Waals surface area contributed by atoms with Crippen LogP contribution in [0.1, 0.15) is 114 Å². The number of aliphatic hydroxyl groups excluding tert-OH is 1. The Kier molecular flexibility index (Phi) is 43.7. The average Bonchev–Trinajstić information content (AvgIpc) is 3.36. The number of likely N-dealkylation sites (N-methyl/N-ethyl adjacent to an activating group) is 2. The molecule has 44 heavy (non-hydrogen) atoms. The third-order valence-corrected chi connectivity index (χ3v) is 7.25. The van der Waals surface area contributed by atoms with E-state index < -0.39 is 11.8 Å². The molecule has 4 N–H and O–H groups in total. The molecule has 3 atom stereocenters. The molecule has 0 aromatic heterocycles. The van der Waals surface area contributed by atoms with Crippen LogP contribution in [0.5, 0.6) is 0 Å². The molecule has 0 aromatic carbocycles. The number of carbonyl (C=O) groups excluding carboxylic acids is 4. The van der Waals surface area contributed by atoms with Gasteiger partial charge in [-0.15, -0.1) is 6.58 Å². The van der Waals surface area contributed by atoms with Crippen LogP contribution in [0.2, 0.25) is 0 Å². The second-order valence-electron chi connectivity index (χ2n) is 12.1. The first kappa shape index (κ1) is 51.6. The van der Waals surface area contributed by atoms with E-state index in [0.29, 0.717) is 18.7 Å². The topological polar surface area (TPSA) is 128 Å². The molecule has 1 saturated heterocycles. The third kappa shape index (κ3) is 34.5. The molecule has 0 radical (unpaired) electrons. The van der Waals surface area contributed by atoms with Crippen molar-refractivity contribution in [1.82, 2.24) is 20.9 Å². The Morgan fingerprint density at radius 3 is 1.73 bits per heavy atom. The number of carbonyl (C=O) groups is 4. The summed E-state index contributed by atoms with van der Waals surface area (Å²) in [4.78, 5) is 44.2. The number of hydrogen-bond donors (Lipinski definition) is 4. The highest BCUT2D eigenvalue weighted by Crippen LogP contribution is 2.30. The van der Waals surface area contributed by atoms with E-state index in [4.69, 9.17) is 5.11 Å². The summed E-state index contributed by atoms with van der Waals surface area (Å²) in [5.41, 5.74) is 0.0382. The van der Waals surface area contributed by atoms with E-state index in [2.05, 4.69) is 62.2 Å². The third-order valence-electron chi connectivity index (χ3n) is 7.25. The number of amides is 1. The molecule has 0 aromatic rings. The van der Waals surface area contributed by atoms with Crippen molar-refractivity contribution in [3.63, 3.8) is 0 Å². The minimum atomic E-state index is -0.606. The molecule has 3 unspecified atom stereocenters. The molecule has 1 heterocycles. The molecule has 0 spiro atoms. The monoisotopic (exact) mass is 631 g/mol. The van der Waals surface area contributed by atoms with Crippen molar-refractivity contribution in [1.29, 1.82) is 0 Å². The van der Waals surface area contributed by atoms with Gasteiger partial charge in [-0.25, -0.2) is 0 Å². The van der Waals surface area contributed by atoms with Gasteiger partial charge in [0.05, 0.1) is 12.1 Å². The van der Waals surface area contributed by atoms with Gasteiger partial charge < -0.3 is 30.8 Å². The zero-order valence-corrected chi connectivity index (χ0v) is 31.0. The summed E-state index contributed by atoms with van der Waals surface area (Å²) in [6, 6.07) is 0.211. The summed E-state index contributed by atoms with van der Waals surface area (Å²) < 4.78 is 0. The SMILES string of the molecule is C=CCNC.CC.CC1CCCN1C.CCC(C)C.CNC(C=O)C(C)(C)C.CO.O=CNC(CCC1CCC1)C(=O)C=O. The molecule has 9 nitrogen and oxygen atoms in total. The number of likely N-dealkylation sites (tertiary alicyclic amines) is 1. The van der Waals surface area contributed by atoms with Crippen molar-refractivity contribution in [3.8, 4) is 0 Å². The molecule has 2 fully saturated rings. The van der Waals surface area contributed by atoms with Gasteiger partial charge in [-0.2, -0.15) is 0 Å². The second kappa shape index (κ2) is 37.2. The minimum Gasteiger partial charge on any atom is -0.400 e. The largest absolute Gasteiger partial charge is 0.400 e. The molecule has 1 aliphatic carbocycles.